The molecule has 5 nitrogen and oxygen atoms in total. The van der Waals surface area contributed by atoms with Crippen molar-refractivity contribution in [1.29, 1.82) is 0 Å². The zero-order valence-electron chi connectivity index (χ0n) is 10.2. The minimum absolute atomic E-state index is 0.112. The summed E-state index contributed by atoms with van der Waals surface area (Å²) >= 11 is 11.3. The van der Waals surface area contributed by atoms with Gasteiger partial charge in [-0.25, -0.2) is 4.39 Å². The van der Waals surface area contributed by atoms with Crippen LogP contribution in [0.5, 0.6) is 0 Å². The van der Waals surface area contributed by atoms with Crippen LogP contribution in [0, 0.1) is 5.82 Å². The molecule has 0 aliphatic carbocycles. The minimum atomic E-state index is -0.732. The molecule has 0 spiro atoms. The summed E-state index contributed by atoms with van der Waals surface area (Å²) in [5.41, 5.74) is 0.381. The van der Waals surface area contributed by atoms with Crippen molar-refractivity contribution in [2.24, 2.45) is 0 Å². The van der Waals surface area contributed by atoms with E-state index in [1.165, 1.54) is 18.2 Å². The van der Waals surface area contributed by atoms with Gasteiger partial charge in [-0.05, 0) is 24.3 Å². The lowest BCUT2D eigenvalue weighted by molar-refractivity contribution is 0.102. The van der Waals surface area contributed by atoms with E-state index in [1.54, 1.807) is 13.1 Å². The molecule has 0 radical (unpaired) electrons. The van der Waals surface area contributed by atoms with E-state index in [4.69, 9.17) is 23.2 Å². The van der Waals surface area contributed by atoms with E-state index in [-0.39, 0.29) is 21.4 Å². The summed E-state index contributed by atoms with van der Waals surface area (Å²) < 4.78 is 13.2. The molecule has 2 rings (SSSR count). The van der Waals surface area contributed by atoms with Crippen molar-refractivity contribution in [3.63, 3.8) is 0 Å². The van der Waals surface area contributed by atoms with Crippen LogP contribution >= 0.6 is 23.2 Å². The average Bonchev–Trinajstić information content (AvgIpc) is 2.44. The number of hydrogen-bond acceptors (Lipinski definition) is 4. The molecule has 0 fully saturated rings. The third kappa shape index (κ3) is 3.15. The lowest BCUT2D eigenvalue weighted by Gasteiger charge is -2.07. The largest absolute Gasteiger partial charge is 0.372 e. The second kappa shape index (κ2) is 6.02. The van der Waals surface area contributed by atoms with Crippen LogP contribution in [0.2, 0.25) is 10.0 Å². The van der Waals surface area contributed by atoms with Gasteiger partial charge in [0.05, 0.1) is 10.0 Å². The van der Waals surface area contributed by atoms with E-state index < -0.39 is 11.7 Å². The van der Waals surface area contributed by atoms with Crippen LogP contribution < -0.4 is 10.6 Å². The molecule has 2 N–H and O–H groups in total. The van der Waals surface area contributed by atoms with Gasteiger partial charge in [0.2, 0.25) is 0 Å². The van der Waals surface area contributed by atoms with Gasteiger partial charge in [0.1, 0.15) is 5.82 Å². The summed E-state index contributed by atoms with van der Waals surface area (Å²) in [7, 11) is 1.69. The number of aromatic nitrogens is 2. The summed E-state index contributed by atoms with van der Waals surface area (Å²) in [6.45, 7) is 0. The molecular weight excluding hydrogens is 306 g/mol. The van der Waals surface area contributed by atoms with Gasteiger partial charge >= 0.3 is 0 Å². The van der Waals surface area contributed by atoms with Gasteiger partial charge in [0.25, 0.3) is 5.91 Å². The molecule has 0 aliphatic heterocycles. The summed E-state index contributed by atoms with van der Waals surface area (Å²) in [4.78, 5) is 11.9. The summed E-state index contributed by atoms with van der Waals surface area (Å²) in [6, 6.07) is 5.62. The number of nitrogens with zero attached hydrogens (tertiary/aromatic N) is 2. The van der Waals surface area contributed by atoms with E-state index in [0.29, 0.717) is 5.82 Å². The van der Waals surface area contributed by atoms with Gasteiger partial charge in [0.15, 0.2) is 11.5 Å². The number of hydrogen-bond donors (Lipinski definition) is 2. The number of nitrogens with one attached hydrogen (secondary N) is 2. The maximum Gasteiger partial charge on any atom is 0.276 e. The average molecular weight is 315 g/mol. The lowest BCUT2D eigenvalue weighted by atomic mass is 10.3. The Kier molecular flexibility index (Phi) is 4.36. The van der Waals surface area contributed by atoms with E-state index in [1.807, 2.05) is 0 Å². The maximum absolute atomic E-state index is 13.2. The van der Waals surface area contributed by atoms with Gasteiger partial charge in [-0.15, -0.1) is 10.2 Å². The van der Waals surface area contributed by atoms with Gasteiger partial charge in [-0.1, -0.05) is 23.2 Å². The second-order valence-corrected chi connectivity index (χ2v) is 4.58. The molecule has 0 bridgehead atoms. The third-order valence-electron chi connectivity index (χ3n) is 2.40. The first-order valence-corrected chi connectivity index (χ1v) is 6.24. The molecule has 0 aliphatic rings. The van der Waals surface area contributed by atoms with Gasteiger partial charge in [-0.2, -0.15) is 0 Å². The monoisotopic (exact) mass is 314 g/mol. The molecule has 1 heterocycles. The fraction of sp³-hybridized carbons (Fsp3) is 0.0833. The van der Waals surface area contributed by atoms with Crippen molar-refractivity contribution < 1.29 is 9.18 Å². The summed E-state index contributed by atoms with van der Waals surface area (Å²) in [6.07, 6.45) is 0. The Morgan fingerprint density at radius 1 is 1.20 bits per heavy atom. The number of halogens is 3. The molecular formula is C12H9Cl2FN4O. The highest BCUT2D eigenvalue weighted by Crippen LogP contribution is 2.27. The predicted octanol–water partition coefficient (Wildman–Crippen LogP) is 3.22. The van der Waals surface area contributed by atoms with Crippen LogP contribution in [-0.2, 0) is 0 Å². The van der Waals surface area contributed by atoms with Crippen molar-refractivity contribution in [3.8, 4) is 0 Å². The van der Waals surface area contributed by atoms with E-state index in [0.717, 1.165) is 0 Å². The second-order valence-electron chi connectivity index (χ2n) is 3.76. The molecule has 104 valence electrons. The first-order chi connectivity index (χ1) is 9.51. The number of anilines is 2. The maximum atomic E-state index is 13.2. The molecule has 20 heavy (non-hydrogen) atoms. The molecule has 0 unspecified atom stereocenters. The fourth-order valence-electron chi connectivity index (χ4n) is 1.41. The molecule has 1 aromatic carbocycles. The molecule has 0 saturated carbocycles. The van der Waals surface area contributed by atoms with Crippen molar-refractivity contribution >= 4 is 40.6 Å². The Bertz CT molecular complexity index is 625. The van der Waals surface area contributed by atoms with Crippen molar-refractivity contribution in [3.05, 3.63) is 45.8 Å². The van der Waals surface area contributed by atoms with E-state index in [2.05, 4.69) is 20.8 Å². The van der Waals surface area contributed by atoms with Crippen LogP contribution in [-0.4, -0.2) is 23.2 Å². The molecule has 0 saturated heterocycles. The van der Waals surface area contributed by atoms with Gasteiger partial charge in [0, 0.05) is 12.7 Å². The van der Waals surface area contributed by atoms with Crippen LogP contribution in [0.1, 0.15) is 10.5 Å². The number of carbonyl (C=O) groups is 1. The zero-order valence-corrected chi connectivity index (χ0v) is 11.8. The highest BCUT2D eigenvalue weighted by molar-refractivity contribution is 6.35. The van der Waals surface area contributed by atoms with Gasteiger partial charge < -0.3 is 10.6 Å². The molecule has 0 atom stereocenters. The Hall–Kier alpha value is -1.92. The van der Waals surface area contributed by atoms with Crippen molar-refractivity contribution in [1.82, 2.24) is 10.2 Å². The van der Waals surface area contributed by atoms with Crippen LogP contribution in [0.25, 0.3) is 0 Å². The van der Waals surface area contributed by atoms with Crippen molar-refractivity contribution in [2.75, 3.05) is 17.7 Å². The SMILES string of the molecule is CNc1ccc(C(=O)Nc2cc(Cl)c(F)c(Cl)c2)nn1. The number of rotatable bonds is 3. The zero-order chi connectivity index (χ0) is 14.7. The summed E-state index contributed by atoms with van der Waals surface area (Å²) in [5, 5.41) is 12.5. The quantitative estimate of drug-likeness (QED) is 0.854. The standard InChI is InChI=1S/C12H9Cl2FN4O/c1-16-10-3-2-9(18-19-10)12(20)17-6-4-7(13)11(15)8(14)5-6/h2-5H,1H3,(H,16,19)(H,17,20). The number of carbonyl (C=O) groups excluding carboxylic acids is 1. The molecule has 1 amide bonds. The van der Waals surface area contributed by atoms with E-state index in [9.17, 15) is 9.18 Å². The molecule has 8 heteroatoms. The fourth-order valence-corrected chi connectivity index (χ4v) is 1.90. The van der Waals surface area contributed by atoms with E-state index >= 15 is 0 Å². The highest BCUT2D eigenvalue weighted by Gasteiger charge is 2.12. The normalized spacial score (nSPS) is 10.2. The first kappa shape index (κ1) is 14.5. The van der Waals surface area contributed by atoms with Crippen molar-refractivity contribution in [2.45, 2.75) is 0 Å². The Morgan fingerprint density at radius 3 is 2.35 bits per heavy atom. The smallest absolute Gasteiger partial charge is 0.276 e. The topological polar surface area (TPSA) is 66.9 Å². The van der Waals surface area contributed by atoms with Gasteiger partial charge in [-0.3, -0.25) is 4.79 Å². The number of amides is 1. The Labute approximate surface area is 124 Å². The van der Waals surface area contributed by atoms with Crippen LogP contribution in [0.15, 0.2) is 24.3 Å². The third-order valence-corrected chi connectivity index (χ3v) is 2.95. The summed E-state index contributed by atoms with van der Waals surface area (Å²) in [5.74, 6) is -0.696. The van der Waals surface area contributed by atoms with Crippen LogP contribution in [0.3, 0.4) is 0 Å². The minimum Gasteiger partial charge on any atom is -0.372 e. The first-order valence-electron chi connectivity index (χ1n) is 5.48. The molecule has 2 aromatic rings. The Morgan fingerprint density at radius 2 is 1.85 bits per heavy atom. The highest BCUT2D eigenvalue weighted by atomic mass is 35.5. The number of benzene rings is 1. The molecule has 1 aromatic heterocycles. The lowest BCUT2D eigenvalue weighted by Crippen LogP contribution is -2.14. The predicted molar refractivity (Wildman–Crippen MR) is 76.0 cm³/mol. The van der Waals surface area contributed by atoms with Crippen LogP contribution in [0.4, 0.5) is 15.9 Å². The Balaban J connectivity index is 2.18.